The second kappa shape index (κ2) is 5.92. The Balaban J connectivity index is 1.97. The van der Waals surface area contributed by atoms with E-state index >= 15 is 0 Å². The van der Waals surface area contributed by atoms with Crippen molar-refractivity contribution in [2.45, 2.75) is 6.92 Å². The number of fused-ring (bicyclic) bond motifs is 1. The maximum absolute atomic E-state index is 11.6. The number of carboxylic acids is 1. The molecule has 6 nitrogen and oxygen atoms in total. The number of carbonyl (C=O) groups is 1. The van der Waals surface area contributed by atoms with E-state index in [1.807, 2.05) is 24.3 Å². The van der Waals surface area contributed by atoms with Crippen LogP contribution < -0.4 is 10.3 Å². The van der Waals surface area contributed by atoms with Gasteiger partial charge in [-0.05, 0) is 35.9 Å². The molecule has 0 unspecified atom stereocenters. The van der Waals surface area contributed by atoms with Gasteiger partial charge in [-0.2, -0.15) is 0 Å². The zero-order chi connectivity index (χ0) is 16.4. The Morgan fingerprint density at radius 3 is 2.65 bits per heavy atom. The van der Waals surface area contributed by atoms with Gasteiger partial charge >= 0.3 is 5.97 Å². The van der Waals surface area contributed by atoms with Crippen LogP contribution in [-0.2, 0) is 4.79 Å². The molecular formula is C17H14N2O4. The fraction of sp³-hybridized carbons (Fsp3) is 0.118. The second-order valence-corrected chi connectivity index (χ2v) is 5.14. The highest BCUT2D eigenvalue weighted by molar-refractivity contribution is 5.87. The molecule has 0 fully saturated rings. The van der Waals surface area contributed by atoms with Crippen LogP contribution in [-0.4, -0.2) is 27.7 Å². The van der Waals surface area contributed by atoms with Crippen molar-refractivity contribution < 1.29 is 14.6 Å². The monoisotopic (exact) mass is 310 g/mol. The number of nitrogens with zero attached hydrogens (tertiary/aromatic N) is 1. The second-order valence-electron chi connectivity index (χ2n) is 5.14. The lowest BCUT2D eigenvalue weighted by Gasteiger charge is -2.07. The summed E-state index contributed by atoms with van der Waals surface area (Å²) in [5, 5.41) is 10.5. The summed E-state index contributed by atoms with van der Waals surface area (Å²) in [6.07, 6.45) is 0. The average molecular weight is 310 g/mol. The Morgan fingerprint density at radius 2 is 1.91 bits per heavy atom. The number of benzene rings is 2. The predicted molar refractivity (Wildman–Crippen MR) is 85.7 cm³/mol. The number of aryl methyl sites for hydroxylation is 1. The van der Waals surface area contributed by atoms with E-state index in [4.69, 9.17) is 9.84 Å². The molecule has 0 radical (unpaired) electrons. The molecule has 3 rings (SSSR count). The summed E-state index contributed by atoms with van der Waals surface area (Å²) < 4.78 is 5.16. The lowest BCUT2D eigenvalue weighted by Crippen LogP contribution is -2.09. The SMILES string of the molecule is Cc1cc(=O)[nH]c(-c2ccc3cc(OCC(=O)O)ccc3c2)n1. The molecule has 116 valence electrons. The molecule has 1 heterocycles. The number of hydrogen-bond donors (Lipinski definition) is 2. The molecule has 2 N–H and O–H groups in total. The topological polar surface area (TPSA) is 92.3 Å². The average Bonchev–Trinajstić information content (AvgIpc) is 2.51. The number of rotatable bonds is 4. The van der Waals surface area contributed by atoms with Crippen LogP contribution in [0.4, 0.5) is 0 Å². The van der Waals surface area contributed by atoms with E-state index in [9.17, 15) is 9.59 Å². The zero-order valence-corrected chi connectivity index (χ0v) is 12.4. The van der Waals surface area contributed by atoms with Gasteiger partial charge in [0.1, 0.15) is 11.6 Å². The van der Waals surface area contributed by atoms with E-state index in [-0.39, 0.29) is 12.2 Å². The maximum Gasteiger partial charge on any atom is 0.341 e. The Morgan fingerprint density at radius 1 is 1.17 bits per heavy atom. The molecule has 3 aromatic rings. The first-order valence-electron chi connectivity index (χ1n) is 6.98. The summed E-state index contributed by atoms with van der Waals surface area (Å²) in [5.41, 5.74) is 1.27. The van der Waals surface area contributed by atoms with Crippen molar-refractivity contribution in [3.63, 3.8) is 0 Å². The fourth-order valence-corrected chi connectivity index (χ4v) is 2.32. The van der Waals surface area contributed by atoms with E-state index in [1.165, 1.54) is 6.07 Å². The van der Waals surface area contributed by atoms with Gasteiger partial charge in [0.15, 0.2) is 6.61 Å². The first-order chi connectivity index (χ1) is 11.0. The Labute approximate surface area is 131 Å². The molecule has 23 heavy (non-hydrogen) atoms. The highest BCUT2D eigenvalue weighted by Gasteiger charge is 2.05. The minimum Gasteiger partial charge on any atom is -0.482 e. The lowest BCUT2D eigenvalue weighted by atomic mass is 10.1. The van der Waals surface area contributed by atoms with Crippen molar-refractivity contribution in [1.29, 1.82) is 0 Å². The van der Waals surface area contributed by atoms with Gasteiger partial charge < -0.3 is 14.8 Å². The van der Waals surface area contributed by atoms with Gasteiger partial charge in [-0.1, -0.05) is 18.2 Å². The van der Waals surface area contributed by atoms with Crippen molar-refractivity contribution in [3.8, 4) is 17.1 Å². The molecular weight excluding hydrogens is 296 g/mol. The van der Waals surface area contributed by atoms with Crippen molar-refractivity contribution in [2.24, 2.45) is 0 Å². The Hall–Kier alpha value is -3.15. The van der Waals surface area contributed by atoms with Crippen LogP contribution >= 0.6 is 0 Å². The summed E-state index contributed by atoms with van der Waals surface area (Å²) in [6, 6.07) is 12.4. The minimum absolute atomic E-state index is 0.190. The van der Waals surface area contributed by atoms with Crippen LogP contribution in [0.2, 0.25) is 0 Å². The van der Waals surface area contributed by atoms with Crippen LogP contribution in [0.25, 0.3) is 22.2 Å². The maximum atomic E-state index is 11.6. The number of aliphatic carboxylic acids is 1. The minimum atomic E-state index is -1.02. The quantitative estimate of drug-likeness (QED) is 0.771. The lowest BCUT2D eigenvalue weighted by molar-refractivity contribution is -0.139. The highest BCUT2D eigenvalue weighted by atomic mass is 16.5. The summed E-state index contributed by atoms with van der Waals surface area (Å²) in [4.78, 5) is 29.1. The molecule has 0 saturated carbocycles. The summed E-state index contributed by atoms with van der Waals surface area (Å²) in [7, 11) is 0. The molecule has 1 aromatic heterocycles. The number of ether oxygens (including phenoxy) is 1. The zero-order valence-electron chi connectivity index (χ0n) is 12.4. The van der Waals surface area contributed by atoms with E-state index in [0.29, 0.717) is 17.3 Å². The van der Waals surface area contributed by atoms with Crippen molar-refractivity contribution >= 4 is 16.7 Å². The van der Waals surface area contributed by atoms with Gasteiger partial charge in [0, 0.05) is 17.3 Å². The molecule has 0 atom stereocenters. The standard InChI is InChI=1S/C17H14N2O4/c1-10-6-15(20)19-17(18-10)13-3-2-12-8-14(23-9-16(21)22)5-4-11(12)7-13/h2-8H,9H2,1H3,(H,21,22)(H,18,19,20). The first kappa shape index (κ1) is 14.8. The third kappa shape index (κ3) is 3.37. The van der Waals surface area contributed by atoms with Gasteiger partial charge in [-0.3, -0.25) is 4.79 Å². The number of hydrogen-bond acceptors (Lipinski definition) is 4. The Kier molecular flexibility index (Phi) is 3.80. The van der Waals surface area contributed by atoms with Crippen molar-refractivity contribution in [1.82, 2.24) is 9.97 Å². The van der Waals surface area contributed by atoms with E-state index in [1.54, 1.807) is 19.1 Å². The molecule has 0 saturated heterocycles. The third-order valence-corrected chi connectivity index (χ3v) is 3.32. The molecule has 6 heteroatoms. The van der Waals surface area contributed by atoms with E-state index < -0.39 is 5.97 Å². The van der Waals surface area contributed by atoms with Gasteiger partial charge in [-0.25, -0.2) is 9.78 Å². The Bertz CT molecular complexity index is 947. The van der Waals surface area contributed by atoms with E-state index in [0.717, 1.165) is 16.3 Å². The van der Waals surface area contributed by atoms with Gasteiger partial charge in [0.2, 0.25) is 0 Å². The molecule has 0 aliphatic rings. The van der Waals surface area contributed by atoms with Gasteiger partial charge in [0.25, 0.3) is 5.56 Å². The van der Waals surface area contributed by atoms with Crippen molar-refractivity contribution in [3.05, 3.63) is 58.5 Å². The summed E-state index contributed by atoms with van der Waals surface area (Å²) >= 11 is 0. The van der Waals surface area contributed by atoms with Crippen molar-refractivity contribution in [2.75, 3.05) is 6.61 Å². The van der Waals surface area contributed by atoms with Gasteiger partial charge in [0.05, 0.1) is 0 Å². The van der Waals surface area contributed by atoms with Gasteiger partial charge in [-0.15, -0.1) is 0 Å². The van der Waals surface area contributed by atoms with Crippen LogP contribution in [0.15, 0.2) is 47.3 Å². The summed E-state index contributed by atoms with van der Waals surface area (Å²) in [5.74, 6) is -0.00670. The number of aromatic nitrogens is 2. The fourth-order valence-electron chi connectivity index (χ4n) is 2.32. The summed E-state index contributed by atoms with van der Waals surface area (Å²) in [6.45, 7) is 1.39. The van der Waals surface area contributed by atoms with Crippen LogP contribution in [0.3, 0.4) is 0 Å². The number of H-pyrrole nitrogens is 1. The normalized spacial score (nSPS) is 10.7. The van der Waals surface area contributed by atoms with E-state index in [2.05, 4.69) is 9.97 Å². The number of carboxylic acid groups (broad SMARTS) is 1. The molecule has 0 amide bonds. The molecule has 0 aliphatic carbocycles. The van der Waals surface area contributed by atoms with Crippen LogP contribution in [0.5, 0.6) is 5.75 Å². The highest BCUT2D eigenvalue weighted by Crippen LogP contribution is 2.25. The molecule has 0 spiro atoms. The van der Waals surface area contributed by atoms with Crippen LogP contribution in [0, 0.1) is 6.92 Å². The smallest absolute Gasteiger partial charge is 0.341 e. The molecule has 0 bridgehead atoms. The number of nitrogens with one attached hydrogen (secondary N) is 1. The largest absolute Gasteiger partial charge is 0.482 e. The first-order valence-corrected chi connectivity index (χ1v) is 6.98. The molecule has 2 aromatic carbocycles. The third-order valence-electron chi connectivity index (χ3n) is 3.32. The molecule has 0 aliphatic heterocycles. The number of aromatic amines is 1. The predicted octanol–water partition coefficient (Wildman–Crippen LogP) is 2.36. The van der Waals surface area contributed by atoms with Crippen LogP contribution in [0.1, 0.15) is 5.69 Å².